The number of likely N-dealkylation sites (tertiary alicyclic amines) is 1. The highest BCUT2D eigenvalue weighted by molar-refractivity contribution is 7.88. The summed E-state index contributed by atoms with van der Waals surface area (Å²) in [6.07, 6.45) is 1.08. The molecule has 3 N–H and O–H groups in total. The van der Waals surface area contributed by atoms with Crippen molar-refractivity contribution in [3.8, 4) is 5.75 Å². The first-order valence-corrected chi connectivity index (χ1v) is 15.5. The first kappa shape index (κ1) is 31.8. The summed E-state index contributed by atoms with van der Waals surface area (Å²) in [5.41, 5.74) is 0.881. The lowest BCUT2D eigenvalue weighted by atomic mass is 9.69. The van der Waals surface area contributed by atoms with Crippen molar-refractivity contribution in [1.29, 1.82) is 0 Å². The number of likely N-dealkylation sites (N-methyl/N-ethyl adjacent to an activating group) is 1. The Kier molecular flexibility index (Phi) is 9.63. The molecular formula is C31H34FN3O7S. The number of aromatic hydroxyl groups is 1. The molecule has 0 radical (unpaired) electrons. The van der Waals surface area contributed by atoms with E-state index in [1.165, 1.54) is 59.9 Å². The van der Waals surface area contributed by atoms with Crippen LogP contribution in [-0.4, -0.2) is 85.0 Å². The average Bonchev–Trinajstić information content (AvgIpc) is 2.96. The predicted molar refractivity (Wildman–Crippen MR) is 159 cm³/mol. The molecule has 12 heteroatoms. The van der Waals surface area contributed by atoms with Gasteiger partial charge in [-0.05, 0) is 48.4 Å². The van der Waals surface area contributed by atoms with Gasteiger partial charge in [-0.25, -0.2) is 21.9 Å². The number of hydrogen-bond donors (Lipinski definition) is 3. The summed E-state index contributed by atoms with van der Waals surface area (Å²) in [4.78, 5) is 41.8. The molecule has 3 atom stereocenters. The third-order valence-electron chi connectivity index (χ3n) is 7.96. The number of carboxylic acid groups (broad SMARTS) is 1. The molecule has 1 fully saturated rings. The maximum absolute atomic E-state index is 14.9. The number of rotatable bonds is 10. The number of carbonyl (C=O) groups excluding carboxylic acids is 2. The lowest BCUT2D eigenvalue weighted by Gasteiger charge is -2.43. The van der Waals surface area contributed by atoms with E-state index in [1.54, 1.807) is 25.1 Å². The molecule has 1 saturated heterocycles. The summed E-state index contributed by atoms with van der Waals surface area (Å²) < 4.78 is 40.2. The number of carboxylic acids is 1. The monoisotopic (exact) mass is 611 g/mol. The topological polar surface area (TPSA) is 144 Å². The molecule has 0 bridgehead atoms. The van der Waals surface area contributed by atoms with E-state index in [2.05, 4.69) is 5.32 Å². The van der Waals surface area contributed by atoms with Crippen LogP contribution < -0.4 is 5.32 Å². The van der Waals surface area contributed by atoms with Crippen LogP contribution in [0.4, 0.5) is 10.1 Å². The molecule has 3 aromatic rings. The molecule has 1 heterocycles. The average molecular weight is 612 g/mol. The van der Waals surface area contributed by atoms with Crippen LogP contribution in [0, 0.1) is 24.6 Å². The normalized spacial score (nSPS) is 19.2. The number of carbonyl (C=O) groups is 3. The van der Waals surface area contributed by atoms with Crippen molar-refractivity contribution in [2.24, 2.45) is 11.8 Å². The van der Waals surface area contributed by atoms with Crippen LogP contribution in [0.5, 0.6) is 5.75 Å². The molecule has 0 spiro atoms. The lowest BCUT2D eigenvalue weighted by molar-refractivity contribution is -0.122. The second-order valence-corrected chi connectivity index (χ2v) is 12.9. The van der Waals surface area contributed by atoms with Crippen LogP contribution in [-0.2, 0) is 14.8 Å². The van der Waals surface area contributed by atoms with Gasteiger partial charge in [-0.3, -0.25) is 9.59 Å². The number of benzene rings is 3. The summed E-state index contributed by atoms with van der Waals surface area (Å²) in [6.45, 7) is 2.07. The summed E-state index contributed by atoms with van der Waals surface area (Å²) in [7, 11) is -2.06. The molecule has 0 aliphatic carbocycles. The van der Waals surface area contributed by atoms with Gasteiger partial charge in [-0.2, -0.15) is 0 Å². The van der Waals surface area contributed by atoms with E-state index in [0.29, 0.717) is 5.56 Å². The number of para-hydroxylation sites is 1. The van der Waals surface area contributed by atoms with Crippen molar-refractivity contribution in [1.82, 2.24) is 9.21 Å². The second kappa shape index (κ2) is 13.0. The van der Waals surface area contributed by atoms with Crippen LogP contribution in [0.15, 0.2) is 66.7 Å². The zero-order chi connectivity index (χ0) is 31.5. The summed E-state index contributed by atoms with van der Waals surface area (Å²) in [5.74, 6) is -5.51. The number of amides is 1. The van der Waals surface area contributed by atoms with Gasteiger partial charge in [-0.15, -0.1) is 0 Å². The Labute approximate surface area is 249 Å². The number of sulfonamides is 1. The molecule has 43 heavy (non-hydrogen) atoms. The molecule has 228 valence electrons. The van der Waals surface area contributed by atoms with Crippen molar-refractivity contribution >= 4 is 33.4 Å². The number of aromatic carboxylic acids is 1. The van der Waals surface area contributed by atoms with E-state index in [-0.39, 0.29) is 60.1 Å². The molecule has 10 nitrogen and oxygen atoms in total. The van der Waals surface area contributed by atoms with E-state index in [4.69, 9.17) is 0 Å². The van der Waals surface area contributed by atoms with Crippen molar-refractivity contribution in [2.45, 2.75) is 12.8 Å². The first-order chi connectivity index (χ1) is 20.3. The zero-order valence-electron chi connectivity index (χ0n) is 24.0. The fourth-order valence-electron chi connectivity index (χ4n) is 5.56. The van der Waals surface area contributed by atoms with Gasteiger partial charge in [0.1, 0.15) is 11.6 Å². The van der Waals surface area contributed by atoms with Gasteiger partial charge in [0.15, 0.2) is 5.78 Å². The Morgan fingerprint density at radius 1 is 1.02 bits per heavy atom. The highest BCUT2D eigenvalue weighted by atomic mass is 32.2. The smallest absolute Gasteiger partial charge is 0.337 e. The van der Waals surface area contributed by atoms with E-state index in [0.717, 1.165) is 6.26 Å². The molecule has 0 unspecified atom stereocenters. The fourth-order valence-corrected chi connectivity index (χ4v) is 5.97. The predicted octanol–water partition coefficient (Wildman–Crippen LogP) is 3.58. The Hall–Kier alpha value is -4.13. The summed E-state index contributed by atoms with van der Waals surface area (Å²) >= 11 is 0. The molecule has 1 amide bonds. The number of anilines is 1. The highest BCUT2D eigenvalue weighted by Gasteiger charge is 2.45. The molecule has 4 rings (SSSR count). The molecule has 1 aliphatic heterocycles. The number of nitrogens with zero attached hydrogens (tertiary/aromatic N) is 2. The molecule has 0 aromatic heterocycles. The largest absolute Gasteiger partial charge is 0.508 e. The van der Waals surface area contributed by atoms with Crippen LogP contribution in [0.25, 0.3) is 0 Å². The van der Waals surface area contributed by atoms with Gasteiger partial charge in [0.05, 0.1) is 23.4 Å². The number of piperidine rings is 1. The quantitative estimate of drug-likeness (QED) is 0.295. The van der Waals surface area contributed by atoms with Gasteiger partial charge < -0.3 is 20.4 Å². The minimum Gasteiger partial charge on any atom is -0.508 e. The lowest BCUT2D eigenvalue weighted by Crippen LogP contribution is -2.53. The fraction of sp³-hybridized carbons (Fsp3) is 0.323. The zero-order valence-corrected chi connectivity index (χ0v) is 24.8. The maximum Gasteiger partial charge on any atom is 0.337 e. The van der Waals surface area contributed by atoms with Crippen molar-refractivity contribution in [3.63, 3.8) is 0 Å². The van der Waals surface area contributed by atoms with Gasteiger partial charge in [0.2, 0.25) is 15.9 Å². The number of Topliss-reactive ketones (excluding diaryl/α,β-unsaturated/α-hetero) is 1. The first-order valence-electron chi connectivity index (χ1n) is 13.6. The van der Waals surface area contributed by atoms with Gasteiger partial charge in [0.25, 0.3) is 0 Å². The third-order valence-corrected chi connectivity index (χ3v) is 9.28. The maximum atomic E-state index is 14.9. The third kappa shape index (κ3) is 7.27. The number of ketones is 1. The van der Waals surface area contributed by atoms with Gasteiger partial charge in [-0.1, -0.05) is 36.4 Å². The minimum atomic E-state index is -3.49. The second-order valence-electron chi connectivity index (χ2n) is 10.8. The van der Waals surface area contributed by atoms with Crippen molar-refractivity contribution in [3.05, 3.63) is 94.8 Å². The molecular weight excluding hydrogens is 577 g/mol. The highest BCUT2D eigenvalue weighted by Crippen LogP contribution is 2.42. The molecule has 3 aromatic carbocycles. The number of hydrogen-bond acceptors (Lipinski definition) is 7. The number of halogens is 1. The van der Waals surface area contributed by atoms with Crippen LogP contribution in [0.3, 0.4) is 0 Å². The van der Waals surface area contributed by atoms with Gasteiger partial charge in [0, 0.05) is 50.6 Å². The summed E-state index contributed by atoms with van der Waals surface area (Å²) in [5, 5.41) is 22.5. The minimum absolute atomic E-state index is 0.0690. The van der Waals surface area contributed by atoms with Crippen molar-refractivity contribution in [2.75, 3.05) is 44.8 Å². The Balaban J connectivity index is 1.81. The number of nitrogens with one attached hydrogen (secondary N) is 1. The van der Waals surface area contributed by atoms with E-state index in [9.17, 15) is 37.4 Å². The van der Waals surface area contributed by atoms with Crippen LogP contribution in [0.1, 0.15) is 37.8 Å². The Bertz CT molecular complexity index is 1650. The van der Waals surface area contributed by atoms with Gasteiger partial charge >= 0.3 is 5.97 Å². The van der Waals surface area contributed by atoms with E-state index in [1.807, 2.05) is 4.90 Å². The summed E-state index contributed by atoms with van der Waals surface area (Å²) in [6, 6.07) is 16.2. The van der Waals surface area contributed by atoms with Crippen molar-refractivity contribution < 1.29 is 37.4 Å². The molecule has 0 saturated carbocycles. The standard InChI is InChI=1S/C31H34FN3O7S/c1-19-22(11-7-12-26(19)32)28-24(29(37)20-8-6-9-21(36)16-20)17-35(15-14-34(2)43(3,41)42)18-25(28)30(38)33-27-13-5-4-10-23(27)31(39)40/h4-13,16,24-25,28,36H,14-15,17-18H2,1-3H3,(H,33,38)(H,39,40)/t24-,25+,28+/m0/s1. The SMILES string of the molecule is Cc1c(F)cccc1[C@@H]1[C@@H](C(=O)c2cccc(O)c2)CN(CCN(C)S(C)(=O)=O)C[C@H]1C(=O)Nc1ccccc1C(=O)O. The van der Waals surface area contributed by atoms with Crippen LogP contribution in [0.2, 0.25) is 0 Å². The van der Waals surface area contributed by atoms with E-state index < -0.39 is 45.5 Å². The van der Waals surface area contributed by atoms with Crippen LogP contribution >= 0.6 is 0 Å². The Morgan fingerprint density at radius 3 is 2.37 bits per heavy atom. The molecule has 1 aliphatic rings. The Morgan fingerprint density at radius 2 is 1.70 bits per heavy atom. The van der Waals surface area contributed by atoms with E-state index >= 15 is 0 Å². The number of phenols is 1. The number of phenolic OH excluding ortho intramolecular Hbond substituents is 1.